The highest BCUT2D eigenvalue weighted by Crippen LogP contribution is 2.26. The van der Waals surface area contributed by atoms with Crippen LogP contribution in [0.25, 0.3) is 23.1 Å². The molecule has 0 N–H and O–H groups in total. The Hall–Kier alpha value is -4.00. The largest absolute Gasteiger partial charge is 0.573 e. The van der Waals surface area contributed by atoms with Crippen LogP contribution in [0, 0.1) is 0 Å². The first kappa shape index (κ1) is 23.7. The summed E-state index contributed by atoms with van der Waals surface area (Å²) in [5.41, 5.74) is 1.51. The molecule has 3 aromatic heterocycles. The Kier molecular flexibility index (Phi) is 6.31. The second-order valence-electron chi connectivity index (χ2n) is 8.46. The topological polar surface area (TPSA) is 98.2 Å². The molecular weight excluding hydrogens is 477 g/mol. The quantitative estimate of drug-likeness (QED) is 0.395. The fraction of sp³-hybridized carbons (Fsp3) is 0.348. The fourth-order valence-corrected chi connectivity index (χ4v) is 3.86. The number of piperazine rings is 1. The van der Waals surface area contributed by atoms with Gasteiger partial charge in [-0.15, -0.1) is 18.3 Å². The first-order chi connectivity index (χ1) is 17.2. The number of benzene rings is 1. The summed E-state index contributed by atoms with van der Waals surface area (Å²) in [5.74, 6) is 1.87. The SMILES string of the molecule is CN1CCN(c2cc(Cc3nc(-c4nc(-c5ccc(OC(F)(F)F)cc5)no4)nn3C)ccn2)CC1. The van der Waals surface area contributed by atoms with Crippen molar-refractivity contribution in [2.24, 2.45) is 7.05 Å². The van der Waals surface area contributed by atoms with E-state index in [2.05, 4.69) is 52.9 Å². The molecule has 4 aromatic rings. The predicted octanol–water partition coefficient (Wildman–Crippen LogP) is 3.17. The van der Waals surface area contributed by atoms with Gasteiger partial charge in [0.15, 0.2) is 0 Å². The summed E-state index contributed by atoms with van der Waals surface area (Å²) < 4.78 is 47.9. The molecule has 13 heteroatoms. The highest BCUT2D eigenvalue weighted by molar-refractivity contribution is 5.57. The number of aromatic nitrogens is 6. The summed E-state index contributed by atoms with van der Waals surface area (Å²) in [6.45, 7) is 3.85. The van der Waals surface area contributed by atoms with Gasteiger partial charge in [0, 0.05) is 51.4 Å². The summed E-state index contributed by atoms with van der Waals surface area (Å²) in [4.78, 5) is 17.9. The number of aryl methyl sites for hydroxylation is 1. The molecule has 0 saturated carbocycles. The van der Waals surface area contributed by atoms with E-state index in [9.17, 15) is 13.2 Å². The maximum absolute atomic E-state index is 12.4. The fourth-order valence-electron chi connectivity index (χ4n) is 3.86. The van der Waals surface area contributed by atoms with Crippen LogP contribution in [-0.2, 0) is 13.5 Å². The molecule has 0 unspecified atom stereocenters. The summed E-state index contributed by atoms with van der Waals surface area (Å²) in [6, 6.07) is 9.20. The van der Waals surface area contributed by atoms with Crippen molar-refractivity contribution in [1.29, 1.82) is 0 Å². The number of pyridine rings is 1. The molecule has 5 rings (SSSR count). The third-order valence-corrected chi connectivity index (χ3v) is 5.82. The predicted molar refractivity (Wildman–Crippen MR) is 123 cm³/mol. The number of hydrogen-bond acceptors (Lipinski definition) is 9. The molecule has 0 radical (unpaired) electrons. The van der Waals surface area contributed by atoms with Crippen LogP contribution >= 0.6 is 0 Å². The minimum absolute atomic E-state index is 0.107. The van der Waals surface area contributed by atoms with Crippen molar-refractivity contribution in [2.45, 2.75) is 12.8 Å². The van der Waals surface area contributed by atoms with Gasteiger partial charge in [-0.05, 0) is 49.0 Å². The molecule has 1 fully saturated rings. The number of alkyl halides is 3. The number of hydrogen-bond donors (Lipinski definition) is 0. The van der Waals surface area contributed by atoms with Crippen molar-refractivity contribution in [3.63, 3.8) is 0 Å². The molecule has 1 aliphatic rings. The zero-order valence-corrected chi connectivity index (χ0v) is 19.6. The molecule has 1 aliphatic heterocycles. The van der Waals surface area contributed by atoms with E-state index >= 15 is 0 Å². The van der Waals surface area contributed by atoms with E-state index in [1.807, 2.05) is 6.07 Å². The molecule has 1 aromatic carbocycles. The number of rotatable bonds is 6. The lowest BCUT2D eigenvalue weighted by molar-refractivity contribution is -0.274. The molecule has 4 heterocycles. The van der Waals surface area contributed by atoms with Crippen LogP contribution in [0.1, 0.15) is 11.4 Å². The maximum atomic E-state index is 12.4. The van der Waals surface area contributed by atoms with E-state index in [4.69, 9.17) is 4.52 Å². The monoisotopic (exact) mass is 500 g/mol. The van der Waals surface area contributed by atoms with Gasteiger partial charge in [-0.25, -0.2) is 9.97 Å². The van der Waals surface area contributed by atoms with Gasteiger partial charge in [-0.1, -0.05) is 5.16 Å². The van der Waals surface area contributed by atoms with Gasteiger partial charge < -0.3 is 19.1 Å². The van der Waals surface area contributed by atoms with E-state index in [-0.39, 0.29) is 23.3 Å². The minimum atomic E-state index is -4.76. The molecule has 0 bridgehead atoms. The Labute approximate surface area is 204 Å². The number of nitrogens with zero attached hydrogens (tertiary/aromatic N) is 8. The maximum Gasteiger partial charge on any atom is 0.573 e. The molecule has 0 amide bonds. The van der Waals surface area contributed by atoms with Crippen molar-refractivity contribution in [1.82, 2.24) is 34.8 Å². The molecular formula is C23H23F3N8O2. The second-order valence-corrected chi connectivity index (χ2v) is 8.46. The second kappa shape index (κ2) is 9.57. The van der Waals surface area contributed by atoms with Crippen LogP contribution in [0.2, 0.25) is 0 Å². The van der Waals surface area contributed by atoms with Crippen LogP contribution in [0.5, 0.6) is 5.75 Å². The van der Waals surface area contributed by atoms with Crippen LogP contribution in [0.3, 0.4) is 0 Å². The lowest BCUT2D eigenvalue weighted by Gasteiger charge is -2.33. The Morgan fingerprint density at radius 3 is 2.44 bits per heavy atom. The Morgan fingerprint density at radius 2 is 1.72 bits per heavy atom. The van der Waals surface area contributed by atoms with E-state index < -0.39 is 6.36 Å². The van der Waals surface area contributed by atoms with Gasteiger partial charge in [0.1, 0.15) is 17.4 Å². The molecule has 188 valence electrons. The first-order valence-electron chi connectivity index (χ1n) is 11.2. The van der Waals surface area contributed by atoms with E-state index in [1.54, 1.807) is 17.9 Å². The van der Waals surface area contributed by atoms with Gasteiger partial charge in [0.2, 0.25) is 11.6 Å². The number of halogens is 3. The molecule has 10 nitrogen and oxygen atoms in total. The normalized spacial score (nSPS) is 14.9. The van der Waals surface area contributed by atoms with Gasteiger partial charge in [0.05, 0.1) is 0 Å². The minimum Gasteiger partial charge on any atom is -0.406 e. The van der Waals surface area contributed by atoms with Crippen LogP contribution in [-0.4, -0.2) is 74.4 Å². The number of ether oxygens (including phenoxy) is 1. The molecule has 0 atom stereocenters. The molecule has 0 aliphatic carbocycles. The smallest absolute Gasteiger partial charge is 0.406 e. The third-order valence-electron chi connectivity index (χ3n) is 5.82. The summed E-state index contributed by atoms with van der Waals surface area (Å²) in [7, 11) is 3.90. The third kappa shape index (κ3) is 5.46. The van der Waals surface area contributed by atoms with Gasteiger partial charge in [-0.3, -0.25) is 4.68 Å². The van der Waals surface area contributed by atoms with Gasteiger partial charge in [0.25, 0.3) is 5.89 Å². The lowest BCUT2D eigenvalue weighted by Crippen LogP contribution is -2.44. The van der Waals surface area contributed by atoms with Crippen LogP contribution < -0.4 is 9.64 Å². The van der Waals surface area contributed by atoms with Gasteiger partial charge in [-0.2, -0.15) is 4.98 Å². The summed E-state index contributed by atoms with van der Waals surface area (Å²) >= 11 is 0. The van der Waals surface area contributed by atoms with Crippen LogP contribution in [0.4, 0.5) is 19.0 Å². The molecule has 1 saturated heterocycles. The van der Waals surface area contributed by atoms with E-state index in [0.29, 0.717) is 17.8 Å². The highest BCUT2D eigenvalue weighted by atomic mass is 19.4. The van der Waals surface area contributed by atoms with E-state index in [0.717, 1.165) is 37.6 Å². The van der Waals surface area contributed by atoms with Gasteiger partial charge >= 0.3 is 6.36 Å². The highest BCUT2D eigenvalue weighted by Gasteiger charge is 2.31. The zero-order valence-electron chi connectivity index (χ0n) is 19.6. The van der Waals surface area contributed by atoms with E-state index in [1.165, 1.54) is 24.3 Å². The number of anilines is 1. The Morgan fingerprint density at radius 1 is 0.972 bits per heavy atom. The Bertz CT molecular complexity index is 1330. The number of likely N-dealkylation sites (N-methyl/N-ethyl adjacent to an activating group) is 1. The Balaban J connectivity index is 1.29. The standard InChI is InChI=1S/C23H23F3N8O2/c1-32-9-11-34(12-10-32)18-13-15(7-8-27-18)14-19-28-21(30-33(19)2)22-29-20(31-36-22)16-3-5-17(6-4-16)35-23(24,25)26/h3-8,13H,9-12,14H2,1-2H3. The zero-order chi connectivity index (χ0) is 25.3. The summed E-state index contributed by atoms with van der Waals surface area (Å²) in [5, 5.41) is 8.29. The first-order valence-corrected chi connectivity index (χ1v) is 11.2. The lowest BCUT2D eigenvalue weighted by atomic mass is 10.1. The van der Waals surface area contributed by atoms with Crippen molar-refractivity contribution in [2.75, 3.05) is 38.1 Å². The van der Waals surface area contributed by atoms with Crippen molar-refractivity contribution < 1.29 is 22.4 Å². The van der Waals surface area contributed by atoms with Crippen molar-refractivity contribution in [3.05, 3.63) is 54.0 Å². The molecule has 0 spiro atoms. The average molecular weight is 500 g/mol. The van der Waals surface area contributed by atoms with Crippen molar-refractivity contribution in [3.8, 4) is 28.9 Å². The van der Waals surface area contributed by atoms with Crippen LogP contribution in [0.15, 0.2) is 47.1 Å². The average Bonchev–Trinajstić information content (AvgIpc) is 3.47. The summed E-state index contributed by atoms with van der Waals surface area (Å²) in [6.07, 6.45) is -2.42. The van der Waals surface area contributed by atoms with Crippen molar-refractivity contribution >= 4 is 5.82 Å². The molecule has 36 heavy (non-hydrogen) atoms.